The molecular weight excluding hydrogens is 324 g/mol. The molecular formula is C17H36O4Si2. The Balaban J connectivity index is 4.06. The van der Waals surface area contributed by atoms with Crippen LogP contribution in [0.3, 0.4) is 0 Å². The summed E-state index contributed by atoms with van der Waals surface area (Å²) in [6.07, 6.45) is 2.90. The Morgan fingerprint density at radius 1 is 1.09 bits per heavy atom. The van der Waals surface area contributed by atoms with E-state index in [0.717, 1.165) is 12.5 Å². The fourth-order valence-corrected chi connectivity index (χ4v) is 11.5. The van der Waals surface area contributed by atoms with Gasteiger partial charge in [-0.15, -0.1) is 0 Å². The van der Waals surface area contributed by atoms with Crippen LogP contribution in [-0.4, -0.2) is 35.5 Å². The van der Waals surface area contributed by atoms with E-state index in [1.807, 2.05) is 0 Å². The van der Waals surface area contributed by atoms with Crippen LogP contribution in [0.15, 0.2) is 12.2 Å². The standard InChI is InChI=1S/C17H36O4Si2/c1-9-10-13-22(5,6)21-23(7,8)14-11-12-19-16(4)20-17(18)15(2)3/h16H,2,9-14H2,1,3-8H3. The molecule has 0 aliphatic carbocycles. The highest BCUT2D eigenvalue weighted by molar-refractivity contribution is 6.84. The summed E-state index contributed by atoms with van der Waals surface area (Å²) in [4.78, 5) is 11.4. The molecule has 0 aromatic carbocycles. The number of carbonyl (C=O) groups is 1. The van der Waals surface area contributed by atoms with Crippen molar-refractivity contribution in [2.45, 2.75) is 84.6 Å². The van der Waals surface area contributed by atoms with Crippen LogP contribution in [0.1, 0.15) is 40.0 Å². The third-order valence-corrected chi connectivity index (χ3v) is 11.1. The molecule has 0 rings (SSSR count). The minimum absolute atomic E-state index is 0.390. The maximum atomic E-state index is 11.4. The van der Waals surface area contributed by atoms with Crippen molar-refractivity contribution in [1.82, 2.24) is 0 Å². The first-order valence-corrected chi connectivity index (χ1v) is 14.9. The summed E-state index contributed by atoms with van der Waals surface area (Å²) in [5.74, 6) is -0.404. The van der Waals surface area contributed by atoms with Gasteiger partial charge in [0.1, 0.15) is 0 Å². The molecule has 0 heterocycles. The molecule has 0 spiro atoms. The summed E-state index contributed by atoms with van der Waals surface area (Å²) in [7, 11) is -3.19. The molecule has 4 nitrogen and oxygen atoms in total. The van der Waals surface area contributed by atoms with E-state index in [4.69, 9.17) is 13.6 Å². The molecule has 0 saturated carbocycles. The van der Waals surface area contributed by atoms with E-state index in [9.17, 15) is 4.79 Å². The Morgan fingerprint density at radius 2 is 1.61 bits per heavy atom. The van der Waals surface area contributed by atoms with E-state index in [1.54, 1.807) is 13.8 Å². The molecule has 0 aromatic heterocycles. The van der Waals surface area contributed by atoms with Crippen molar-refractivity contribution in [2.75, 3.05) is 6.61 Å². The zero-order valence-corrected chi connectivity index (χ0v) is 18.2. The Bertz CT molecular complexity index is 381. The van der Waals surface area contributed by atoms with E-state index in [0.29, 0.717) is 12.2 Å². The number of hydrogen-bond acceptors (Lipinski definition) is 4. The van der Waals surface area contributed by atoms with Crippen LogP contribution in [0.2, 0.25) is 38.3 Å². The first-order valence-electron chi connectivity index (χ1n) is 8.67. The van der Waals surface area contributed by atoms with E-state index >= 15 is 0 Å². The monoisotopic (exact) mass is 360 g/mol. The maximum absolute atomic E-state index is 11.4. The fraction of sp³-hybridized carbons (Fsp3) is 0.824. The van der Waals surface area contributed by atoms with Gasteiger partial charge in [-0.25, -0.2) is 4.79 Å². The molecule has 0 amide bonds. The van der Waals surface area contributed by atoms with Gasteiger partial charge in [0.15, 0.2) is 22.9 Å². The van der Waals surface area contributed by atoms with Crippen LogP contribution in [0.25, 0.3) is 0 Å². The highest BCUT2D eigenvalue weighted by Crippen LogP contribution is 2.24. The Morgan fingerprint density at radius 3 is 2.09 bits per heavy atom. The molecule has 0 bridgehead atoms. The molecule has 6 heteroatoms. The van der Waals surface area contributed by atoms with Crippen LogP contribution in [0.5, 0.6) is 0 Å². The summed E-state index contributed by atoms with van der Waals surface area (Å²) >= 11 is 0. The van der Waals surface area contributed by atoms with E-state index < -0.39 is 28.9 Å². The van der Waals surface area contributed by atoms with Gasteiger partial charge in [0.05, 0.1) is 6.61 Å². The highest BCUT2D eigenvalue weighted by atomic mass is 28.4. The first kappa shape index (κ1) is 22.6. The van der Waals surface area contributed by atoms with Gasteiger partial charge in [0, 0.05) is 5.57 Å². The third-order valence-electron chi connectivity index (χ3n) is 3.58. The maximum Gasteiger partial charge on any atom is 0.335 e. The minimum atomic E-state index is -1.65. The number of rotatable bonds is 12. The van der Waals surface area contributed by atoms with Gasteiger partial charge in [-0.2, -0.15) is 0 Å². The molecule has 0 aliphatic heterocycles. The largest absolute Gasteiger partial charge is 0.455 e. The summed E-state index contributed by atoms with van der Waals surface area (Å²) in [5, 5.41) is 0. The van der Waals surface area contributed by atoms with Crippen LogP contribution in [-0.2, 0) is 18.4 Å². The number of esters is 1. The second kappa shape index (κ2) is 10.4. The van der Waals surface area contributed by atoms with Gasteiger partial charge in [0.2, 0.25) is 0 Å². The van der Waals surface area contributed by atoms with Gasteiger partial charge in [-0.1, -0.05) is 26.3 Å². The SMILES string of the molecule is C=C(C)C(=O)OC(C)OCCC[Si](C)(C)O[Si](C)(C)CCCC. The number of unbranched alkanes of at least 4 members (excludes halogenated alkanes) is 1. The highest BCUT2D eigenvalue weighted by Gasteiger charge is 2.32. The smallest absolute Gasteiger partial charge is 0.335 e. The second-order valence-electron chi connectivity index (χ2n) is 7.45. The summed E-state index contributed by atoms with van der Waals surface area (Å²) < 4.78 is 17.2. The quantitative estimate of drug-likeness (QED) is 0.160. The Kier molecular flexibility index (Phi) is 10.2. The van der Waals surface area contributed by atoms with Crippen LogP contribution in [0, 0.1) is 0 Å². The molecule has 23 heavy (non-hydrogen) atoms. The molecule has 136 valence electrons. The average molecular weight is 361 g/mol. The zero-order valence-electron chi connectivity index (χ0n) is 16.2. The normalized spacial score (nSPS) is 13.7. The fourth-order valence-electron chi connectivity index (χ4n) is 2.49. The van der Waals surface area contributed by atoms with Crippen molar-refractivity contribution in [3.05, 3.63) is 12.2 Å². The molecule has 0 aliphatic rings. The number of ether oxygens (including phenoxy) is 2. The minimum Gasteiger partial charge on any atom is -0.455 e. The lowest BCUT2D eigenvalue weighted by Gasteiger charge is -2.34. The molecule has 0 fully saturated rings. The molecule has 1 atom stereocenters. The van der Waals surface area contributed by atoms with Crippen LogP contribution < -0.4 is 0 Å². The average Bonchev–Trinajstić information content (AvgIpc) is 2.40. The topological polar surface area (TPSA) is 44.8 Å². The lowest BCUT2D eigenvalue weighted by Crippen LogP contribution is -2.44. The second-order valence-corrected chi connectivity index (χ2v) is 16.3. The van der Waals surface area contributed by atoms with Gasteiger partial charge >= 0.3 is 5.97 Å². The van der Waals surface area contributed by atoms with E-state index in [1.165, 1.54) is 18.9 Å². The lowest BCUT2D eigenvalue weighted by molar-refractivity contribution is -0.169. The predicted octanol–water partition coefficient (Wildman–Crippen LogP) is 5.09. The van der Waals surface area contributed by atoms with E-state index in [2.05, 4.69) is 39.7 Å². The van der Waals surface area contributed by atoms with Crippen LogP contribution >= 0.6 is 0 Å². The molecule has 0 N–H and O–H groups in total. The summed E-state index contributed by atoms with van der Waals surface area (Å²) in [6, 6.07) is 2.31. The van der Waals surface area contributed by atoms with Crippen molar-refractivity contribution in [3.8, 4) is 0 Å². The molecule has 0 radical (unpaired) electrons. The Labute approximate surface area is 144 Å². The number of carbonyl (C=O) groups excluding carboxylic acids is 1. The predicted molar refractivity (Wildman–Crippen MR) is 102 cm³/mol. The molecule has 1 unspecified atom stereocenters. The van der Waals surface area contributed by atoms with Gasteiger partial charge in [-0.3, -0.25) is 0 Å². The molecule has 0 saturated heterocycles. The summed E-state index contributed by atoms with van der Waals surface area (Å²) in [5.41, 5.74) is 0.390. The van der Waals surface area contributed by atoms with Crippen molar-refractivity contribution >= 4 is 22.6 Å². The van der Waals surface area contributed by atoms with Crippen molar-refractivity contribution in [2.24, 2.45) is 0 Å². The van der Waals surface area contributed by atoms with Crippen molar-refractivity contribution < 1.29 is 18.4 Å². The van der Waals surface area contributed by atoms with Gasteiger partial charge in [-0.05, 0) is 58.5 Å². The van der Waals surface area contributed by atoms with Crippen molar-refractivity contribution in [3.63, 3.8) is 0 Å². The van der Waals surface area contributed by atoms with Gasteiger partial charge < -0.3 is 13.6 Å². The van der Waals surface area contributed by atoms with Gasteiger partial charge in [0.25, 0.3) is 0 Å². The van der Waals surface area contributed by atoms with Crippen LogP contribution in [0.4, 0.5) is 0 Å². The molecule has 0 aromatic rings. The summed E-state index contributed by atoms with van der Waals surface area (Å²) in [6.45, 7) is 19.0. The number of hydrogen-bond donors (Lipinski definition) is 0. The zero-order chi connectivity index (χ0) is 18.1. The lowest BCUT2D eigenvalue weighted by atomic mass is 10.4. The van der Waals surface area contributed by atoms with E-state index in [-0.39, 0.29) is 0 Å². The van der Waals surface area contributed by atoms with Crippen molar-refractivity contribution in [1.29, 1.82) is 0 Å². The first-order chi connectivity index (χ1) is 10.5. The third kappa shape index (κ3) is 11.7. The Hall–Kier alpha value is -0.436.